The first-order valence-electron chi connectivity index (χ1n) is 12.0. The van der Waals surface area contributed by atoms with E-state index in [1.807, 2.05) is 38.4 Å². The number of methoxy groups -OCH3 is 1. The summed E-state index contributed by atoms with van der Waals surface area (Å²) in [6, 6.07) is 14.4. The van der Waals surface area contributed by atoms with E-state index in [1.165, 1.54) is 6.42 Å². The summed E-state index contributed by atoms with van der Waals surface area (Å²) in [6.07, 6.45) is 6.11. The third-order valence-electron chi connectivity index (χ3n) is 6.10. The van der Waals surface area contributed by atoms with E-state index in [0.29, 0.717) is 29.2 Å². The first-order valence-corrected chi connectivity index (χ1v) is 12.0. The Labute approximate surface area is 216 Å². The summed E-state index contributed by atoms with van der Waals surface area (Å²) in [5.74, 6) is -1.70. The van der Waals surface area contributed by atoms with Gasteiger partial charge < -0.3 is 29.7 Å². The highest BCUT2D eigenvalue weighted by molar-refractivity contribution is 5.91. The van der Waals surface area contributed by atoms with Crippen LogP contribution < -0.4 is 9.47 Å². The van der Waals surface area contributed by atoms with Crippen molar-refractivity contribution in [2.75, 3.05) is 27.7 Å². The maximum atomic E-state index is 12.4. The number of carboxylic acid groups (broad SMARTS) is 2. The van der Waals surface area contributed by atoms with Crippen LogP contribution >= 0.6 is 0 Å². The molecule has 0 radical (unpaired) electrons. The van der Waals surface area contributed by atoms with Gasteiger partial charge in [-0.25, -0.2) is 14.4 Å². The number of rotatable bonds is 9. The van der Waals surface area contributed by atoms with Crippen LogP contribution in [0.4, 0.5) is 0 Å². The summed E-state index contributed by atoms with van der Waals surface area (Å²) in [5, 5.41) is 26.9. The number of carboxylic acids is 2. The van der Waals surface area contributed by atoms with Crippen molar-refractivity contribution in [2.45, 2.75) is 43.6 Å². The number of aliphatic carboxylic acids is 2. The monoisotopic (exact) mass is 513 g/mol. The zero-order valence-corrected chi connectivity index (χ0v) is 21.4. The fraction of sp³-hybridized carbons (Fsp3) is 0.393. The Bertz CT molecular complexity index is 1040. The molecular formula is C28H35NO8. The van der Waals surface area contributed by atoms with Crippen LogP contribution in [0.5, 0.6) is 11.5 Å². The third-order valence-corrected chi connectivity index (χ3v) is 6.10. The van der Waals surface area contributed by atoms with Gasteiger partial charge in [0.1, 0.15) is 11.5 Å². The van der Waals surface area contributed by atoms with Crippen molar-refractivity contribution in [3.05, 3.63) is 71.8 Å². The molecular weight excluding hydrogens is 478 g/mol. The smallest absolute Gasteiger partial charge is 0.343 e. The molecule has 9 heteroatoms. The van der Waals surface area contributed by atoms with E-state index >= 15 is 0 Å². The maximum absolute atomic E-state index is 12.4. The first-order chi connectivity index (χ1) is 17.5. The molecule has 0 bridgehead atoms. The van der Waals surface area contributed by atoms with E-state index < -0.39 is 23.5 Å². The van der Waals surface area contributed by atoms with E-state index in [4.69, 9.17) is 19.7 Å². The van der Waals surface area contributed by atoms with Gasteiger partial charge in [0.25, 0.3) is 0 Å². The van der Waals surface area contributed by atoms with E-state index in [0.717, 1.165) is 37.8 Å². The van der Waals surface area contributed by atoms with Gasteiger partial charge in [-0.3, -0.25) is 0 Å². The molecule has 0 saturated heterocycles. The highest BCUT2D eigenvalue weighted by Gasteiger charge is 2.38. The number of hydrogen-bond acceptors (Lipinski definition) is 7. The lowest BCUT2D eigenvalue weighted by atomic mass is 9.72. The van der Waals surface area contributed by atoms with Gasteiger partial charge in [0.05, 0.1) is 18.3 Å². The molecule has 0 aliphatic heterocycles. The molecule has 2 aromatic rings. The molecule has 0 spiro atoms. The quantitative estimate of drug-likeness (QED) is 0.259. The average Bonchev–Trinajstić information content (AvgIpc) is 2.87. The van der Waals surface area contributed by atoms with Crippen molar-refractivity contribution in [3.8, 4) is 11.5 Å². The Morgan fingerprint density at radius 1 is 0.892 bits per heavy atom. The Morgan fingerprint density at radius 3 is 1.86 bits per heavy atom. The van der Waals surface area contributed by atoms with Crippen LogP contribution in [0, 0.1) is 0 Å². The lowest BCUT2D eigenvalue weighted by molar-refractivity contribution is -0.134. The number of benzene rings is 2. The molecule has 1 unspecified atom stereocenters. The van der Waals surface area contributed by atoms with Crippen LogP contribution in [0.2, 0.25) is 0 Å². The summed E-state index contributed by atoms with van der Waals surface area (Å²) in [7, 11) is 5.65. The summed E-state index contributed by atoms with van der Waals surface area (Å²) in [5.41, 5.74) is 0.869. The highest BCUT2D eigenvalue weighted by Crippen LogP contribution is 2.40. The van der Waals surface area contributed by atoms with Gasteiger partial charge in [-0.1, -0.05) is 31.4 Å². The second-order valence-corrected chi connectivity index (χ2v) is 9.18. The first kappa shape index (κ1) is 29.5. The van der Waals surface area contributed by atoms with Crippen LogP contribution in [0.15, 0.2) is 60.7 Å². The molecule has 1 fully saturated rings. The Kier molecular flexibility index (Phi) is 11.3. The number of nitrogens with zero attached hydrogens (tertiary/aromatic N) is 1. The molecule has 0 amide bonds. The van der Waals surface area contributed by atoms with Crippen molar-refractivity contribution < 1.29 is 39.2 Å². The molecule has 3 N–H and O–H groups in total. The van der Waals surface area contributed by atoms with Crippen LogP contribution in [-0.2, 0) is 9.59 Å². The van der Waals surface area contributed by atoms with Crippen molar-refractivity contribution in [2.24, 2.45) is 0 Å². The zero-order chi connectivity index (χ0) is 27.4. The number of esters is 1. The standard InChI is InChI=1S/C24H31NO4.C4H4O4/c1-25(2)17-22(24(27)15-5-4-6-16-24)18-7-13-21(14-8-18)29-23(26)19-9-11-20(28-3)12-10-19;5-3(6)1-2-4(7)8/h7-14,22,27H,4-6,15-17H2,1-3H3;1-2H,(H,5,6)(H,7,8)/b;2-1+. The van der Waals surface area contributed by atoms with Gasteiger partial charge >= 0.3 is 17.9 Å². The second kappa shape index (κ2) is 14.2. The fourth-order valence-corrected chi connectivity index (χ4v) is 4.27. The lowest BCUT2D eigenvalue weighted by Crippen LogP contribution is -2.42. The number of carbonyl (C=O) groups excluding carboxylic acids is 1. The van der Waals surface area contributed by atoms with Gasteiger partial charge in [-0.15, -0.1) is 0 Å². The van der Waals surface area contributed by atoms with E-state index in [1.54, 1.807) is 31.4 Å². The minimum absolute atomic E-state index is 0.0316. The van der Waals surface area contributed by atoms with Gasteiger partial charge in [-0.2, -0.15) is 0 Å². The number of likely N-dealkylation sites (N-methyl/N-ethyl adjacent to an activating group) is 1. The molecule has 0 heterocycles. The maximum Gasteiger partial charge on any atom is 0.343 e. The average molecular weight is 514 g/mol. The van der Waals surface area contributed by atoms with Crippen LogP contribution in [0.25, 0.3) is 0 Å². The van der Waals surface area contributed by atoms with Crippen molar-refractivity contribution >= 4 is 17.9 Å². The van der Waals surface area contributed by atoms with E-state index in [2.05, 4.69) is 4.90 Å². The van der Waals surface area contributed by atoms with Gasteiger partial charge in [0, 0.05) is 24.6 Å². The molecule has 1 saturated carbocycles. The molecule has 0 aromatic heterocycles. The van der Waals surface area contributed by atoms with E-state index in [9.17, 15) is 19.5 Å². The van der Waals surface area contributed by atoms with Crippen molar-refractivity contribution in [1.29, 1.82) is 0 Å². The summed E-state index contributed by atoms with van der Waals surface area (Å²) < 4.78 is 10.6. The van der Waals surface area contributed by atoms with Crippen LogP contribution in [0.3, 0.4) is 0 Å². The minimum Gasteiger partial charge on any atom is -0.497 e. The number of hydrogen-bond donors (Lipinski definition) is 3. The topological polar surface area (TPSA) is 134 Å². The SMILES string of the molecule is COc1ccc(C(=O)Oc2ccc(C(CN(C)C)C3(O)CCCCC3)cc2)cc1.O=C(O)/C=C/C(=O)O. The number of carbonyl (C=O) groups is 3. The number of ether oxygens (including phenoxy) is 2. The predicted octanol–water partition coefficient (Wildman–Crippen LogP) is 3.97. The molecule has 1 atom stereocenters. The molecule has 3 rings (SSSR count). The van der Waals surface area contributed by atoms with Crippen LogP contribution in [-0.4, -0.2) is 71.5 Å². The minimum atomic E-state index is -1.26. The van der Waals surface area contributed by atoms with Gasteiger partial charge in [-0.05, 0) is 68.9 Å². The number of aliphatic hydroxyl groups is 1. The molecule has 37 heavy (non-hydrogen) atoms. The van der Waals surface area contributed by atoms with Gasteiger partial charge in [0.15, 0.2) is 0 Å². The second-order valence-electron chi connectivity index (χ2n) is 9.18. The Hall–Kier alpha value is -3.69. The highest BCUT2D eigenvalue weighted by atomic mass is 16.5. The van der Waals surface area contributed by atoms with Crippen LogP contribution in [0.1, 0.15) is 53.9 Å². The fourth-order valence-electron chi connectivity index (χ4n) is 4.27. The van der Waals surface area contributed by atoms with Crippen molar-refractivity contribution in [3.63, 3.8) is 0 Å². The molecule has 1 aliphatic rings. The largest absolute Gasteiger partial charge is 0.497 e. The molecule has 2 aromatic carbocycles. The summed E-state index contributed by atoms with van der Waals surface area (Å²) in [4.78, 5) is 33.6. The van der Waals surface area contributed by atoms with Gasteiger partial charge in [0.2, 0.25) is 0 Å². The summed E-state index contributed by atoms with van der Waals surface area (Å²) >= 11 is 0. The molecule has 9 nitrogen and oxygen atoms in total. The van der Waals surface area contributed by atoms with E-state index in [-0.39, 0.29) is 5.92 Å². The third kappa shape index (κ3) is 9.70. The molecule has 1 aliphatic carbocycles. The lowest BCUT2D eigenvalue weighted by Gasteiger charge is -2.40. The molecule has 200 valence electrons. The normalized spacial score (nSPS) is 15.4. The Morgan fingerprint density at radius 2 is 1.41 bits per heavy atom. The zero-order valence-electron chi connectivity index (χ0n) is 21.4. The Balaban J connectivity index is 0.000000521. The van der Waals surface area contributed by atoms with Crippen molar-refractivity contribution in [1.82, 2.24) is 4.90 Å². The summed E-state index contributed by atoms with van der Waals surface area (Å²) in [6.45, 7) is 0.779. The predicted molar refractivity (Wildman–Crippen MR) is 138 cm³/mol.